The highest BCUT2D eigenvalue weighted by atomic mass is 32.2. The number of unbranched alkanes of at least 4 members (excludes halogenated alkanes) is 1. The van der Waals surface area contributed by atoms with Gasteiger partial charge < -0.3 is 14.7 Å². The van der Waals surface area contributed by atoms with Gasteiger partial charge in [-0.2, -0.15) is 0 Å². The lowest BCUT2D eigenvalue weighted by atomic mass is 9.94. The second-order valence-corrected chi connectivity index (χ2v) is 9.76. The highest BCUT2D eigenvalue weighted by molar-refractivity contribution is 8.01. The van der Waals surface area contributed by atoms with Crippen molar-refractivity contribution in [2.75, 3.05) is 24.2 Å². The fourth-order valence-corrected chi connectivity index (χ4v) is 5.20. The summed E-state index contributed by atoms with van der Waals surface area (Å²) in [5.74, 6) is -0.0251. The normalized spacial score (nSPS) is 14.2. The van der Waals surface area contributed by atoms with Crippen LogP contribution in [0.4, 0.5) is 9.93 Å². The van der Waals surface area contributed by atoms with Crippen molar-refractivity contribution in [3.05, 3.63) is 36.5 Å². The number of aromatic nitrogens is 1. The number of carboxylic acid groups (broad SMARTS) is 1. The summed E-state index contributed by atoms with van der Waals surface area (Å²) < 4.78 is 6.54. The monoisotopic (exact) mass is 463 g/mol. The third kappa shape index (κ3) is 8.06. The van der Waals surface area contributed by atoms with Crippen LogP contribution in [0.25, 0.3) is 0 Å². The van der Waals surface area contributed by atoms with Crippen molar-refractivity contribution in [3.8, 4) is 5.75 Å². The lowest BCUT2D eigenvalue weighted by Gasteiger charge is -2.34. The number of hydrogen-bond donors (Lipinski definition) is 2. The Bertz CT molecular complexity index is 825. The summed E-state index contributed by atoms with van der Waals surface area (Å²) in [7, 11) is 0. The van der Waals surface area contributed by atoms with Crippen LogP contribution in [0.2, 0.25) is 0 Å². The van der Waals surface area contributed by atoms with Gasteiger partial charge in [-0.05, 0) is 37.8 Å². The molecule has 1 aliphatic carbocycles. The molecule has 1 aromatic heterocycles. The van der Waals surface area contributed by atoms with E-state index in [-0.39, 0.29) is 17.8 Å². The molecule has 0 spiro atoms. The third-order valence-corrected chi connectivity index (χ3v) is 7.21. The maximum atomic E-state index is 13.0. The van der Waals surface area contributed by atoms with Gasteiger partial charge in [0.25, 0.3) is 0 Å². The van der Waals surface area contributed by atoms with Gasteiger partial charge in [-0.3, -0.25) is 10.1 Å². The molecule has 0 bridgehead atoms. The van der Waals surface area contributed by atoms with Crippen LogP contribution in [0, 0.1) is 0 Å². The van der Waals surface area contributed by atoms with E-state index in [0.29, 0.717) is 18.3 Å². The molecule has 9 heteroatoms. The molecule has 31 heavy (non-hydrogen) atoms. The summed E-state index contributed by atoms with van der Waals surface area (Å²) in [6, 6.07) is 9.88. The van der Waals surface area contributed by atoms with E-state index < -0.39 is 5.97 Å². The Morgan fingerprint density at radius 2 is 1.97 bits per heavy atom. The van der Waals surface area contributed by atoms with E-state index in [4.69, 9.17) is 9.84 Å². The number of aliphatic carboxylic acids is 1. The molecule has 0 aliphatic heterocycles. The van der Waals surface area contributed by atoms with Crippen LogP contribution in [0.15, 0.2) is 40.7 Å². The topological polar surface area (TPSA) is 91.8 Å². The number of carbonyl (C=O) groups excluding carboxylic acids is 1. The number of nitrogens with one attached hydrogen (secondary N) is 1. The summed E-state index contributed by atoms with van der Waals surface area (Å²) in [4.78, 5) is 29.9. The number of urea groups is 1. The first-order valence-corrected chi connectivity index (χ1v) is 12.5. The molecule has 1 heterocycles. The second-order valence-electron chi connectivity index (χ2n) is 7.45. The first-order valence-electron chi connectivity index (χ1n) is 10.7. The number of benzene rings is 1. The average Bonchev–Trinajstić information content (AvgIpc) is 3.23. The maximum absolute atomic E-state index is 13.0. The Morgan fingerprint density at radius 1 is 1.19 bits per heavy atom. The number of carbonyl (C=O) groups is 2. The summed E-state index contributed by atoms with van der Waals surface area (Å²) in [5, 5.41) is 12.2. The summed E-state index contributed by atoms with van der Waals surface area (Å²) in [6.45, 7) is 1.31. The summed E-state index contributed by atoms with van der Waals surface area (Å²) >= 11 is 2.51. The van der Waals surface area contributed by atoms with E-state index in [1.807, 2.05) is 35.2 Å². The molecule has 7 nitrogen and oxygen atoms in total. The van der Waals surface area contributed by atoms with Crippen molar-refractivity contribution >= 4 is 40.2 Å². The van der Waals surface area contributed by atoms with Crippen molar-refractivity contribution in [2.45, 2.75) is 55.2 Å². The Balaban J connectivity index is 1.50. The van der Waals surface area contributed by atoms with Crippen LogP contribution in [0.5, 0.6) is 5.75 Å². The largest absolute Gasteiger partial charge is 0.494 e. The van der Waals surface area contributed by atoms with Gasteiger partial charge in [-0.25, -0.2) is 9.78 Å². The fourth-order valence-electron chi connectivity index (χ4n) is 3.61. The number of anilines is 1. The quantitative estimate of drug-likeness (QED) is 0.345. The lowest BCUT2D eigenvalue weighted by Crippen LogP contribution is -2.44. The predicted molar refractivity (Wildman–Crippen MR) is 124 cm³/mol. The minimum atomic E-state index is -0.872. The molecule has 0 atom stereocenters. The standard InChI is InChI=1S/C22H29N3O4S2/c26-19(27)16-30-20-15-23-21(31-20)24-22(28)25(17-9-3-1-4-10-17)13-7-8-14-29-18-11-5-2-6-12-18/h2,5-6,11-12,15,17H,1,3-4,7-10,13-14,16H2,(H,26,27)(H,23,24,28). The predicted octanol–water partition coefficient (Wildman–Crippen LogP) is 5.35. The Morgan fingerprint density at radius 3 is 2.71 bits per heavy atom. The number of nitrogens with zero attached hydrogens (tertiary/aromatic N) is 2. The number of carboxylic acids is 1. The van der Waals surface area contributed by atoms with Gasteiger partial charge in [0.1, 0.15) is 5.75 Å². The Kier molecular flexibility index (Phi) is 9.48. The number of para-hydroxylation sites is 1. The lowest BCUT2D eigenvalue weighted by molar-refractivity contribution is -0.133. The van der Waals surface area contributed by atoms with E-state index in [1.165, 1.54) is 29.5 Å². The van der Waals surface area contributed by atoms with Crippen molar-refractivity contribution in [3.63, 3.8) is 0 Å². The van der Waals surface area contributed by atoms with Crippen LogP contribution in [-0.4, -0.2) is 51.9 Å². The molecular weight excluding hydrogens is 434 g/mol. The fraction of sp³-hybridized carbons (Fsp3) is 0.500. The molecular formula is C22H29N3O4S2. The molecule has 1 saturated carbocycles. The van der Waals surface area contributed by atoms with Crippen molar-refractivity contribution in [1.82, 2.24) is 9.88 Å². The van der Waals surface area contributed by atoms with Crippen LogP contribution >= 0.6 is 23.1 Å². The van der Waals surface area contributed by atoms with E-state index in [1.54, 1.807) is 6.20 Å². The van der Waals surface area contributed by atoms with E-state index in [2.05, 4.69) is 10.3 Å². The van der Waals surface area contributed by atoms with Gasteiger partial charge >= 0.3 is 12.0 Å². The van der Waals surface area contributed by atoms with Crippen molar-refractivity contribution < 1.29 is 19.4 Å². The molecule has 2 amide bonds. The number of thiazole rings is 1. The molecule has 0 radical (unpaired) electrons. The molecule has 1 aromatic carbocycles. The molecule has 2 N–H and O–H groups in total. The smallest absolute Gasteiger partial charge is 0.323 e. The van der Waals surface area contributed by atoms with E-state index >= 15 is 0 Å². The minimum absolute atomic E-state index is 0.0190. The van der Waals surface area contributed by atoms with Gasteiger partial charge in [0.2, 0.25) is 0 Å². The Labute approximate surface area is 191 Å². The number of amides is 2. The van der Waals surface area contributed by atoms with Crippen LogP contribution in [-0.2, 0) is 4.79 Å². The SMILES string of the molecule is O=C(O)CSc1cnc(NC(=O)N(CCCCOc2ccccc2)C2CCCCC2)s1. The van der Waals surface area contributed by atoms with Crippen molar-refractivity contribution in [1.29, 1.82) is 0 Å². The van der Waals surface area contributed by atoms with Crippen LogP contribution in [0.1, 0.15) is 44.9 Å². The molecule has 0 saturated heterocycles. The van der Waals surface area contributed by atoms with Gasteiger partial charge in [0.15, 0.2) is 5.13 Å². The van der Waals surface area contributed by atoms with Crippen LogP contribution < -0.4 is 10.1 Å². The highest BCUT2D eigenvalue weighted by Crippen LogP contribution is 2.29. The molecule has 0 unspecified atom stereocenters. The molecule has 1 aliphatic rings. The zero-order valence-electron chi connectivity index (χ0n) is 17.5. The van der Waals surface area contributed by atoms with Gasteiger partial charge in [-0.1, -0.05) is 48.8 Å². The minimum Gasteiger partial charge on any atom is -0.494 e. The summed E-state index contributed by atoms with van der Waals surface area (Å²) in [6.07, 6.45) is 8.95. The van der Waals surface area contributed by atoms with Gasteiger partial charge in [0, 0.05) is 12.6 Å². The number of hydrogen-bond acceptors (Lipinski definition) is 6. The number of ether oxygens (including phenoxy) is 1. The number of rotatable bonds is 11. The first-order chi connectivity index (χ1) is 15.1. The molecule has 1 fully saturated rings. The summed E-state index contributed by atoms with van der Waals surface area (Å²) in [5.41, 5.74) is 0. The van der Waals surface area contributed by atoms with E-state index in [9.17, 15) is 9.59 Å². The third-order valence-electron chi connectivity index (χ3n) is 5.12. The second kappa shape index (κ2) is 12.6. The number of thioether (sulfide) groups is 1. The highest BCUT2D eigenvalue weighted by Gasteiger charge is 2.25. The van der Waals surface area contributed by atoms with Gasteiger partial charge in [-0.15, -0.1) is 11.8 Å². The first kappa shape index (κ1) is 23.4. The Hall–Kier alpha value is -2.26. The molecule has 3 rings (SSSR count). The molecule has 2 aromatic rings. The van der Waals surface area contributed by atoms with Crippen molar-refractivity contribution in [2.24, 2.45) is 0 Å². The van der Waals surface area contributed by atoms with E-state index in [0.717, 1.165) is 48.5 Å². The maximum Gasteiger partial charge on any atom is 0.323 e. The average molecular weight is 464 g/mol. The van der Waals surface area contributed by atoms with Crippen LogP contribution in [0.3, 0.4) is 0 Å². The zero-order valence-corrected chi connectivity index (χ0v) is 19.1. The molecule has 168 valence electrons. The zero-order chi connectivity index (χ0) is 21.9. The van der Waals surface area contributed by atoms with Gasteiger partial charge in [0.05, 0.1) is 22.8 Å².